The number of hydrogen-bond donors (Lipinski definition) is 4. The van der Waals surface area contributed by atoms with Crippen molar-refractivity contribution >= 4 is 22.5 Å². The van der Waals surface area contributed by atoms with Gasteiger partial charge in [0, 0.05) is 25.0 Å². The van der Waals surface area contributed by atoms with Gasteiger partial charge in [0.1, 0.15) is 36.1 Å². The third-order valence-corrected chi connectivity index (χ3v) is 4.36. The van der Waals surface area contributed by atoms with E-state index in [4.69, 9.17) is 10.5 Å². The number of nitrogens with two attached hydrogens (primary N) is 1. The Labute approximate surface area is 131 Å². The average molecular weight is 319 g/mol. The highest BCUT2D eigenvalue weighted by molar-refractivity contribution is 6.01. The highest BCUT2D eigenvalue weighted by Gasteiger charge is 2.44. The molecular weight excluding hydrogens is 302 g/mol. The number of hydrogen-bond acceptors (Lipinski definition) is 8. The van der Waals surface area contributed by atoms with Crippen molar-refractivity contribution in [1.29, 1.82) is 0 Å². The molecule has 2 aliphatic rings. The van der Waals surface area contributed by atoms with Crippen LogP contribution < -0.4 is 10.6 Å². The molecule has 4 atom stereocenters. The van der Waals surface area contributed by atoms with E-state index in [2.05, 4.69) is 9.97 Å². The van der Waals surface area contributed by atoms with Crippen LogP contribution in [-0.4, -0.2) is 61.8 Å². The zero-order valence-corrected chi connectivity index (χ0v) is 12.4. The summed E-state index contributed by atoms with van der Waals surface area (Å²) in [6.07, 6.45) is 0.833. The molecule has 0 amide bonds. The molecule has 0 radical (unpaired) electrons. The van der Waals surface area contributed by atoms with Gasteiger partial charge < -0.3 is 35.3 Å². The minimum absolute atomic E-state index is 0.383. The lowest BCUT2D eigenvalue weighted by atomic mass is 10.1. The van der Waals surface area contributed by atoms with E-state index in [0.29, 0.717) is 17.2 Å². The lowest BCUT2D eigenvalue weighted by Gasteiger charge is -2.20. The molecular formula is C14H17N5O4. The van der Waals surface area contributed by atoms with E-state index < -0.39 is 24.5 Å². The third kappa shape index (κ3) is 1.88. The van der Waals surface area contributed by atoms with Crippen LogP contribution in [0.3, 0.4) is 0 Å². The van der Waals surface area contributed by atoms with Crippen LogP contribution in [0.5, 0.6) is 0 Å². The van der Waals surface area contributed by atoms with Crippen molar-refractivity contribution in [2.75, 3.05) is 18.6 Å². The molecule has 0 bridgehead atoms. The van der Waals surface area contributed by atoms with Crippen LogP contribution in [0.15, 0.2) is 18.7 Å². The Morgan fingerprint density at radius 3 is 2.78 bits per heavy atom. The minimum atomic E-state index is -1.18. The average Bonchev–Trinajstić information content (AvgIpc) is 3.05. The maximum absolute atomic E-state index is 10.3. The number of anilines is 1. The molecule has 4 heterocycles. The van der Waals surface area contributed by atoms with Crippen LogP contribution in [0, 0.1) is 0 Å². The predicted molar refractivity (Wildman–Crippen MR) is 81.1 cm³/mol. The molecule has 5 N–H and O–H groups in total. The van der Waals surface area contributed by atoms with Gasteiger partial charge in [-0.3, -0.25) is 0 Å². The summed E-state index contributed by atoms with van der Waals surface area (Å²) in [7, 11) is 1.83. The molecule has 0 saturated carbocycles. The topological polar surface area (TPSA) is 130 Å². The van der Waals surface area contributed by atoms with Crippen molar-refractivity contribution in [3.63, 3.8) is 0 Å². The van der Waals surface area contributed by atoms with Gasteiger partial charge in [-0.1, -0.05) is 0 Å². The predicted octanol–water partition coefficient (Wildman–Crippen LogP) is -1.25. The SMILES string of the molecule is CN1C=C(N)c2cn([C@@H]3O[C@H](CO)C(O)[C@@H]3O)c3ncnc1c23. The van der Waals surface area contributed by atoms with Gasteiger partial charge in [-0.2, -0.15) is 0 Å². The zero-order chi connectivity index (χ0) is 16.3. The van der Waals surface area contributed by atoms with Crippen LogP contribution in [0.25, 0.3) is 16.7 Å². The van der Waals surface area contributed by atoms with Gasteiger partial charge in [0.15, 0.2) is 6.23 Å². The monoisotopic (exact) mass is 319 g/mol. The Balaban J connectivity index is 1.89. The second-order valence-electron chi connectivity index (χ2n) is 5.77. The van der Waals surface area contributed by atoms with Crippen LogP contribution in [0.1, 0.15) is 11.8 Å². The Hall–Kier alpha value is -2.20. The van der Waals surface area contributed by atoms with Crippen LogP contribution in [-0.2, 0) is 4.74 Å². The van der Waals surface area contributed by atoms with Gasteiger partial charge in [0.25, 0.3) is 0 Å². The fourth-order valence-electron chi connectivity index (χ4n) is 3.20. The number of aromatic nitrogens is 3. The fraction of sp³-hybridized carbons (Fsp3) is 0.429. The van der Waals surface area contributed by atoms with E-state index in [1.165, 1.54) is 6.33 Å². The molecule has 0 aliphatic carbocycles. The lowest BCUT2D eigenvalue weighted by molar-refractivity contribution is -0.0508. The molecule has 4 rings (SSSR count). The first-order valence-corrected chi connectivity index (χ1v) is 7.21. The summed E-state index contributed by atoms with van der Waals surface area (Å²) in [5, 5.41) is 30.2. The summed E-state index contributed by atoms with van der Waals surface area (Å²) in [5.41, 5.74) is 7.91. The quantitative estimate of drug-likeness (QED) is 0.540. The molecule has 1 fully saturated rings. The van der Waals surface area contributed by atoms with E-state index in [0.717, 1.165) is 10.9 Å². The Morgan fingerprint density at radius 1 is 1.30 bits per heavy atom. The zero-order valence-electron chi connectivity index (χ0n) is 12.4. The van der Waals surface area contributed by atoms with Gasteiger partial charge in [-0.25, -0.2) is 9.97 Å². The Morgan fingerprint density at radius 2 is 2.09 bits per heavy atom. The molecule has 122 valence electrons. The smallest absolute Gasteiger partial charge is 0.164 e. The summed E-state index contributed by atoms with van der Waals surface area (Å²) in [6.45, 7) is -0.383. The van der Waals surface area contributed by atoms with Crippen molar-refractivity contribution in [2.24, 2.45) is 5.73 Å². The van der Waals surface area contributed by atoms with E-state index >= 15 is 0 Å². The third-order valence-electron chi connectivity index (χ3n) is 4.36. The summed E-state index contributed by atoms with van der Waals surface area (Å²) < 4.78 is 7.21. The minimum Gasteiger partial charge on any atom is -0.397 e. The number of aliphatic hydroxyl groups is 3. The van der Waals surface area contributed by atoms with Gasteiger partial charge in [-0.05, 0) is 0 Å². The highest BCUT2D eigenvalue weighted by atomic mass is 16.6. The standard InChI is InChI=1S/C14H17N5O4/c1-18-3-7(15)6-2-19(13-9(6)12(18)16-5-17-13)14-11(22)10(21)8(4-20)23-14/h2-3,5,8,10-11,14,20-22H,4,15H2,1H3/t8-,10?,11+,14-/m1/s1. The second kappa shape index (κ2) is 4.90. The number of rotatable bonds is 2. The molecule has 0 aromatic carbocycles. The molecule has 2 aromatic rings. The van der Waals surface area contributed by atoms with Crippen molar-refractivity contribution in [1.82, 2.24) is 14.5 Å². The van der Waals surface area contributed by atoms with Gasteiger partial charge in [0.05, 0.1) is 17.7 Å². The number of nitrogens with zero attached hydrogens (tertiary/aromatic N) is 4. The second-order valence-corrected chi connectivity index (χ2v) is 5.77. The van der Waals surface area contributed by atoms with E-state index in [9.17, 15) is 15.3 Å². The highest BCUT2D eigenvalue weighted by Crippen LogP contribution is 2.39. The first-order chi connectivity index (χ1) is 11.0. The maximum atomic E-state index is 10.3. The molecule has 2 aromatic heterocycles. The Bertz CT molecular complexity index is 804. The summed E-state index contributed by atoms with van der Waals surface area (Å²) in [6, 6.07) is 0. The van der Waals surface area contributed by atoms with Crippen molar-refractivity contribution in [3.05, 3.63) is 24.3 Å². The maximum Gasteiger partial charge on any atom is 0.164 e. The van der Waals surface area contributed by atoms with Gasteiger partial charge in [0.2, 0.25) is 0 Å². The molecule has 0 spiro atoms. The van der Waals surface area contributed by atoms with Gasteiger partial charge in [-0.15, -0.1) is 0 Å². The van der Waals surface area contributed by atoms with E-state index in [1.54, 1.807) is 21.9 Å². The van der Waals surface area contributed by atoms with Crippen LogP contribution in [0.4, 0.5) is 5.82 Å². The van der Waals surface area contributed by atoms with Gasteiger partial charge >= 0.3 is 0 Å². The van der Waals surface area contributed by atoms with Crippen molar-refractivity contribution < 1.29 is 20.1 Å². The summed E-state index contributed by atoms with van der Waals surface area (Å²) >= 11 is 0. The van der Waals surface area contributed by atoms with Crippen molar-refractivity contribution in [2.45, 2.75) is 24.5 Å². The molecule has 9 heteroatoms. The Kier molecular flexibility index (Phi) is 3.07. The van der Waals surface area contributed by atoms with Crippen LogP contribution >= 0.6 is 0 Å². The number of aliphatic hydroxyl groups excluding tert-OH is 3. The van der Waals surface area contributed by atoms with Crippen LogP contribution in [0.2, 0.25) is 0 Å². The first kappa shape index (κ1) is 14.4. The van der Waals surface area contributed by atoms with Crippen molar-refractivity contribution in [3.8, 4) is 0 Å². The fourth-order valence-corrected chi connectivity index (χ4v) is 3.20. The number of ether oxygens (including phenoxy) is 1. The molecule has 2 aliphatic heterocycles. The molecule has 1 saturated heterocycles. The molecule has 1 unspecified atom stereocenters. The molecule has 23 heavy (non-hydrogen) atoms. The van der Waals surface area contributed by atoms with E-state index in [1.807, 2.05) is 7.05 Å². The first-order valence-electron chi connectivity index (χ1n) is 7.21. The van der Waals surface area contributed by atoms with E-state index in [-0.39, 0.29) is 6.61 Å². The summed E-state index contributed by atoms with van der Waals surface area (Å²) in [5.74, 6) is 0.699. The summed E-state index contributed by atoms with van der Waals surface area (Å²) in [4.78, 5) is 10.3. The largest absolute Gasteiger partial charge is 0.397 e. The molecule has 9 nitrogen and oxygen atoms in total. The normalized spacial score (nSPS) is 30.1. The lowest BCUT2D eigenvalue weighted by Crippen LogP contribution is -2.33.